The summed E-state index contributed by atoms with van der Waals surface area (Å²) in [6.45, 7) is 4.16. The lowest BCUT2D eigenvalue weighted by Gasteiger charge is -2.10. The van der Waals surface area contributed by atoms with Crippen LogP contribution in [0.25, 0.3) is 0 Å². The molecular weight excluding hydrogens is 231 g/mol. The van der Waals surface area contributed by atoms with Crippen molar-refractivity contribution >= 4 is 23.2 Å². The average molecular weight is 251 g/mol. The quantitative estimate of drug-likeness (QED) is 0.442. The second-order valence-electron chi connectivity index (χ2n) is 3.11. The summed E-state index contributed by atoms with van der Waals surface area (Å²) in [6, 6.07) is 0. The van der Waals surface area contributed by atoms with Crippen molar-refractivity contribution in [2.24, 2.45) is 0 Å². The Morgan fingerprint density at radius 3 is 1.60 bits per heavy atom. The van der Waals surface area contributed by atoms with E-state index in [4.69, 9.17) is 27.9 Å². The lowest BCUT2D eigenvalue weighted by Crippen LogP contribution is -1.93. The van der Waals surface area contributed by atoms with Crippen molar-refractivity contribution in [3.63, 3.8) is 0 Å². The molecule has 0 aliphatic carbocycles. The fourth-order valence-corrected chi connectivity index (χ4v) is 1.33. The van der Waals surface area contributed by atoms with Gasteiger partial charge in [-0.15, -0.1) is 23.2 Å². The Hall–Kier alpha value is -0.140. The van der Waals surface area contributed by atoms with E-state index in [1.807, 2.05) is 0 Å². The first kappa shape index (κ1) is 14.9. The van der Waals surface area contributed by atoms with Crippen LogP contribution in [0.1, 0.15) is 39.5 Å². The minimum Gasteiger partial charge on any atom is -0.467 e. The fraction of sp³-hybridized carbons (Fsp3) is 0.667. The predicted octanol–water partition coefficient (Wildman–Crippen LogP) is 4.85. The van der Waals surface area contributed by atoms with Crippen molar-refractivity contribution in [3.8, 4) is 0 Å². The number of hydrogen-bond donors (Lipinski definition) is 0. The first-order chi connectivity index (χ1) is 7.28. The third kappa shape index (κ3) is 7.75. The van der Waals surface area contributed by atoms with Gasteiger partial charge in [0.1, 0.15) is 0 Å². The van der Waals surface area contributed by atoms with Gasteiger partial charge in [0.25, 0.3) is 0 Å². The summed E-state index contributed by atoms with van der Waals surface area (Å²) in [4.78, 5) is 0. The molecule has 0 unspecified atom stereocenters. The van der Waals surface area contributed by atoms with E-state index < -0.39 is 0 Å². The maximum absolute atomic E-state index is 5.76. The molecule has 0 saturated carbocycles. The monoisotopic (exact) mass is 250 g/mol. The van der Waals surface area contributed by atoms with Crippen LogP contribution in [-0.4, -0.2) is 11.8 Å². The molecule has 0 heterocycles. The van der Waals surface area contributed by atoms with Gasteiger partial charge >= 0.3 is 0 Å². The van der Waals surface area contributed by atoms with Gasteiger partial charge in [-0.1, -0.05) is 13.8 Å². The number of allylic oxidation sites excluding steroid dienone is 4. The summed E-state index contributed by atoms with van der Waals surface area (Å²) in [5, 5.41) is 0. The number of hydrogen-bond acceptors (Lipinski definition) is 1. The Bertz CT molecular complexity index is 188. The number of ether oxygens (including phenoxy) is 1. The van der Waals surface area contributed by atoms with Crippen molar-refractivity contribution < 1.29 is 4.74 Å². The molecule has 0 atom stereocenters. The van der Waals surface area contributed by atoms with Crippen LogP contribution in [0, 0.1) is 0 Å². The van der Waals surface area contributed by atoms with Crippen molar-refractivity contribution in [1.82, 2.24) is 0 Å². The first-order valence-corrected chi connectivity index (χ1v) is 6.53. The van der Waals surface area contributed by atoms with Gasteiger partial charge in [0.2, 0.25) is 0 Å². The Kier molecular flexibility index (Phi) is 10.3. The molecule has 0 saturated heterocycles. The van der Waals surface area contributed by atoms with Crippen LogP contribution < -0.4 is 0 Å². The lowest BCUT2D eigenvalue weighted by atomic mass is 10.3. The molecule has 0 aromatic heterocycles. The van der Waals surface area contributed by atoms with E-state index in [-0.39, 0.29) is 0 Å². The second kappa shape index (κ2) is 10.4. The van der Waals surface area contributed by atoms with Crippen molar-refractivity contribution in [2.45, 2.75) is 39.5 Å². The zero-order valence-electron chi connectivity index (χ0n) is 9.56. The van der Waals surface area contributed by atoms with Crippen molar-refractivity contribution in [2.75, 3.05) is 11.8 Å². The second-order valence-corrected chi connectivity index (χ2v) is 3.86. The van der Waals surface area contributed by atoms with Gasteiger partial charge in [0.15, 0.2) is 0 Å². The third-order valence-electron chi connectivity index (χ3n) is 1.92. The van der Waals surface area contributed by atoms with Crippen LogP contribution in [-0.2, 0) is 4.74 Å². The van der Waals surface area contributed by atoms with Crippen molar-refractivity contribution in [3.05, 3.63) is 23.7 Å². The summed E-state index contributed by atoms with van der Waals surface area (Å²) in [6.07, 6.45) is 7.62. The molecule has 0 fully saturated rings. The minimum atomic E-state index is 0.639. The normalized spacial score (nSPS) is 13.1. The summed E-state index contributed by atoms with van der Waals surface area (Å²) >= 11 is 11.2. The van der Waals surface area contributed by atoms with Crippen molar-refractivity contribution in [1.29, 1.82) is 0 Å². The number of halogens is 2. The van der Waals surface area contributed by atoms with Crippen LogP contribution in [0.3, 0.4) is 0 Å². The highest BCUT2D eigenvalue weighted by molar-refractivity contribution is 6.18. The topological polar surface area (TPSA) is 9.23 Å². The van der Waals surface area contributed by atoms with E-state index in [0.717, 1.165) is 37.2 Å². The lowest BCUT2D eigenvalue weighted by molar-refractivity contribution is 0.280. The Morgan fingerprint density at radius 2 is 1.33 bits per heavy atom. The van der Waals surface area contributed by atoms with Gasteiger partial charge in [-0.25, -0.2) is 0 Å². The Labute approximate surface area is 103 Å². The highest BCUT2D eigenvalue weighted by atomic mass is 35.5. The van der Waals surface area contributed by atoms with E-state index in [2.05, 4.69) is 26.0 Å². The molecule has 3 heteroatoms. The minimum absolute atomic E-state index is 0.639. The Morgan fingerprint density at radius 1 is 0.933 bits per heavy atom. The predicted molar refractivity (Wildman–Crippen MR) is 68.5 cm³/mol. The first-order valence-electron chi connectivity index (χ1n) is 5.46. The highest BCUT2D eigenvalue weighted by Crippen LogP contribution is 2.14. The van der Waals surface area contributed by atoms with E-state index in [1.165, 1.54) is 0 Å². The SMILES string of the molecule is CCC(=CCCCl)OC(=CCCCl)CC. The number of alkyl halides is 2. The maximum atomic E-state index is 5.76. The molecule has 0 N–H and O–H groups in total. The molecule has 0 rings (SSSR count). The zero-order chi connectivity index (χ0) is 11.5. The van der Waals surface area contributed by atoms with Crippen LogP contribution >= 0.6 is 23.2 Å². The number of rotatable bonds is 8. The molecule has 0 amide bonds. The fourth-order valence-electron chi connectivity index (χ4n) is 1.12. The van der Waals surface area contributed by atoms with Crippen LogP contribution in [0.5, 0.6) is 0 Å². The summed E-state index contributed by atoms with van der Waals surface area (Å²) in [7, 11) is 0. The largest absolute Gasteiger partial charge is 0.467 e. The van der Waals surface area contributed by atoms with E-state index >= 15 is 0 Å². The molecule has 1 nitrogen and oxygen atoms in total. The highest BCUT2D eigenvalue weighted by Gasteiger charge is 1.99. The maximum Gasteiger partial charge on any atom is 0.0993 e. The van der Waals surface area contributed by atoms with E-state index in [1.54, 1.807) is 0 Å². The van der Waals surface area contributed by atoms with E-state index in [9.17, 15) is 0 Å². The van der Waals surface area contributed by atoms with Gasteiger partial charge in [-0.3, -0.25) is 0 Å². The van der Waals surface area contributed by atoms with Gasteiger partial charge in [-0.05, 0) is 25.0 Å². The third-order valence-corrected chi connectivity index (χ3v) is 2.36. The summed E-state index contributed by atoms with van der Waals surface area (Å²) in [5.74, 6) is 3.27. The van der Waals surface area contributed by atoms with Crippen LogP contribution in [0.15, 0.2) is 23.7 Å². The zero-order valence-corrected chi connectivity index (χ0v) is 11.1. The van der Waals surface area contributed by atoms with Gasteiger partial charge in [-0.2, -0.15) is 0 Å². The molecule has 0 spiro atoms. The molecule has 0 bridgehead atoms. The smallest absolute Gasteiger partial charge is 0.0993 e. The van der Waals surface area contributed by atoms with Gasteiger partial charge < -0.3 is 4.74 Å². The Balaban J connectivity index is 4.23. The molecule has 0 aromatic rings. The van der Waals surface area contributed by atoms with Gasteiger partial charge in [0.05, 0.1) is 11.5 Å². The molecule has 88 valence electrons. The molecule has 0 aliphatic rings. The van der Waals surface area contributed by atoms with E-state index in [0.29, 0.717) is 11.8 Å². The average Bonchev–Trinajstić information content (AvgIpc) is 2.28. The summed E-state index contributed by atoms with van der Waals surface area (Å²) in [5.41, 5.74) is 0. The molecule has 0 radical (unpaired) electrons. The molecular formula is C12H20Cl2O. The summed E-state index contributed by atoms with van der Waals surface area (Å²) < 4.78 is 5.76. The van der Waals surface area contributed by atoms with Crippen LogP contribution in [0.4, 0.5) is 0 Å². The standard InChI is InChI=1S/C12H20Cl2O/c1-3-11(7-5-9-13)15-12(4-2)8-6-10-14/h7-8H,3-6,9-10H2,1-2H3. The van der Waals surface area contributed by atoms with Gasteiger partial charge in [0, 0.05) is 24.6 Å². The van der Waals surface area contributed by atoms with Crippen LogP contribution in [0.2, 0.25) is 0 Å². The molecule has 0 aliphatic heterocycles. The molecule has 15 heavy (non-hydrogen) atoms. The molecule has 0 aromatic carbocycles.